The van der Waals surface area contributed by atoms with Crippen molar-refractivity contribution in [3.05, 3.63) is 53.6 Å². The zero-order valence-electron chi connectivity index (χ0n) is 13.9. The van der Waals surface area contributed by atoms with Gasteiger partial charge in [-0.1, -0.05) is 29.8 Å². The summed E-state index contributed by atoms with van der Waals surface area (Å²) in [5, 5.41) is 14.4. The van der Waals surface area contributed by atoms with Gasteiger partial charge in [-0.2, -0.15) is 0 Å². The van der Waals surface area contributed by atoms with Crippen molar-refractivity contribution in [2.45, 2.75) is 23.5 Å². The first-order chi connectivity index (χ1) is 12.1. The first-order valence-corrected chi connectivity index (χ1v) is 8.88. The molecule has 6 nitrogen and oxygen atoms in total. The number of nitrogens with one attached hydrogen (secondary N) is 1. The number of amides is 1. The number of hydrogen-bond acceptors (Lipinski definition) is 5. The molecular weight excluding hydrogens is 334 g/mol. The normalized spacial score (nSPS) is 15.8. The van der Waals surface area contributed by atoms with E-state index >= 15 is 0 Å². The van der Waals surface area contributed by atoms with Gasteiger partial charge in [0, 0.05) is 23.2 Å². The molecule has 1 amide bonds. The van der Waals surface area contributed by atoms with E-state index in [9.17, 15) is 4.79 Å². The summed E-state index contributed by atoms with van der Waals surface area (Å²) in [6.45, 7) is 2.07. The van der Waals surface area contributed by atoms with Crippen molar-refractivity contribution in [1.82, 2.24) is 20.2 Å². The number of aromatic nitrogens is 4. The van der Waals surface area contributed by atoms with Crippen molar-refractivity contribution in [3.63, 3.8) is 0 Å². The molecular formula is C18H17N5OS. The lowest BCUT2D eigenvalue weighted by Gasteiger charge is -2.11. The van der Waals surface area contributed by atoms with Crippen LogP contribution >= 0.6 is 11.8 Å². The molecule has 1 N–H and O–H groups in total. The molecule has 2 aromatic carbocycles. The van der Waals surface area contributed by atoms with Gasteiger partial charge in [0.25, 0.3) is 0 Å². The van der Waals surface area contributed by atoms with E-state index < -0.39 is 0 Å². The maximum absolute atomic E-state index is 12.7. The number of aryl methyl sites for hydroxylation is 2. The van der Waals surface area contributed by atoms with Gasteiger partial charge in [-0.05, 0) is 47.5 Å². The van der Waals surface area contributed by atoms with Crippen LogP contribution in [0.4, 0.5) is 5.69 Å². The van der Waals surface area contributed by atoms with Crippen LogP contribution in [0.15, 0.2) is 47.4 Å². The summed E-state index contributed by atoms with van der Waals surface area (Å²) in [7, 11) is 1.79. The van der Waals surface area contributed by atoms with Crippen LogP contribution in [0.5, 0.6) is 0 Å². The third-order valence-electron chi connectivity index (χ3n) is 4.20. The van der Waals surface area contributed by atoms with Gasteiger partial charge in [0.05, 0.1) is 5.25 Å². The Kier molecular flexibility index (Phi) is 4.01. The van der Waals surface area contributed by atoms with Crippen molar-refractivity contribution in [3.8, 4) is 11.4 Å². The summed E-state index contributed by atoms with van der Waals surface area (Å²) in [5.74, 6) is 0.682. The van der Waals surface area contributed by atoms with Gasteiger partial charge in [-0.3, -0.25) is 4.79 Å². The Morgan fingerprint density at radius 1 is 1.28 bits per heavy atom. The number of benzene rings is 2. The van der Waals surface area contributed by atoms with E-state index in [0.717, 1.165) is 17.7 Å². The molecule has 25 heavy (non-hydrogen) atoms. The number of fused-ring (bicyclic) bond motifs is 1. The predicted octanol–water partition coefficient (Wildman–Crippen LogP) is 2.84. The lowest BCUT2D eigenvalue weighted by atomic mass is 10.1. The molecule has 0 bridgehead atoms. The van der Waals surface area contributed by atoms with Crippen molar-refractivity contribution < 1.29 is 4.79 Å². The molecule has 3 aromatic rings. The monoisotopic (exact) mass is 351 g/mol. The Morgan fingerprint density at radius 2 is 2.16 bits per heavy atom. The fourth-order valence-corrected chi connectivity index (χ4v) is 4.21. The highest BCUT2D eigenvalue weighted by Gasteiger charge is 2.28. The first-order valence-electron chi connectivity index (χ1n) is 8.00. The van der Waals surface area contributed by atoms with Crippen LogP contribution in [0.25, 0.3) is 11.4 Å². The number of thioether (sulfide) groups is 1. The Morgan fingerprint density at radius 3 is 2.96 bits per heavy atom. The fourth-order valence-electron chi connectivity index (χ4n) is 2.91. The molecule has 7 heteroatoms. The second kappa shape index (κ2) is 6.33. The molecule has 1 aromatic heterocycles. The molecule has 0 radical (unpaired) electrons. The maximum Gasteiger partial charge on any atom is 0.238 e. The minimum Gasteiger partial charge on any atom is -0.325 e. The molecule has 4 rings (SSSR count). The summed E-state index contributed by atoms with van der Waals surface area (Å²) < 4.78 is 1.60. The predicted molar refractivity (Wildman–Crippen MR) is 97.4 cm³/mol. The highest BCUT2D eigenvalue weighted by atomic mass is 32.2. The summed E-state index contributed by atoms with van der Waals surface area (Å²) in [5.41, 5.74) is 4.08. The molecule has 0 fully saturated rings. The van der Waals surface area contributed by atoms with Gasteiger partial charge in [0.15, 0.2) is 5.82 Å². The average Bonchev–Trinajstić information content (AvgIpc) is 3.20. The van der Waals surface area contributed by atoms with Crippen LogP contribution in [-0.2, 0) is 18.3 Å². The number of hydrogen-bond donors (Lipinski definition) is 1. The summed E-state index contributed by atoms with van der Waals surface area (Å²) in [6.07, 6.45) is 0.763. The maximum atomic E-state index is 12.7. The van der Waals surface area contributed by atoms with Gasteiger partial charge in [0.2, 0.25) is 5.91 Å². The van der Waals surface area contributed by atoms with Gasteiger partial charge < -0.3 is 5.32 Å². The van der Waals surface area contributed by atoms with Crippen molar-refractivity contribution in [2.75, 3.05) is 5.32 Å². The summed E-state index contributed by atoms with van der Waals surface area (Å²) in [4.78, 5) is 13.9. The third kappa shape index (κ3) is 3.15. The summed E-state index contributed by atoms with van der Waals surface area (Å²) in [6, 6.07) is 13.9. The Bertz CT molecular complexity index is 952. The fraction of sp³-hybridized carbons (Fsp3) is 0.222. The first kappa shape index (κ1) is 15.8. The van der Waals surface area contributed by atoms with E-state index in [1.807, 2.05) is 24.3 Å². The molecule has 0 unspecified atom stereocenters. The van der Waals surface area contributed by atoms with E-state index in [2.05, 4.69) is 46.0 Å². The van der Waals surface area contributed by atoms with Crippen molar-refractivity contribution in [2.24, 2.45) is 7.05 Å². The Labute approximate surface area is 149 Å². The van der Waals surface area contributed by atoms with Crippen molar-refractivity contribution in [1.29, 1.82) is 0 Å². The molecule has 1 atom stereocenters. The van der Waals surface area contributed by atoms with Gasteiger partial charge in [-0.15, -0.1) is 16.9 Å². The highest BCUT2D eigenvalue weighted by molar-refractivity contribution is 8.01. The molecule has 0 saturated heterocycles. The van der Waals surface area contributed by atoms with Crippen LogP contribution in [0.1, 0.15) is 11.1 Å². The molecule has 0 saturated carbocycles. The highest BCUT2D eigenvalue weighted by Crippen LogP contribution is 2.38. The number of rotatable bonds is 3. The number of anilines is 1. The molecule has 1 aliphatic rings. The lowest BCUT2D eigenvalue weighted by Crippen LogP contribution is -2.24. The number of carbonyl (C=O) groups is 1. The zero-order chi connectivity index (χ0) is 17.4. The molecule has 0 spiro atoms. The van der Waals surface area contributed by atoms with Crippen LogP contribution in [0.3, 0.4) is 0 Å². The van der Waals surface area contributed by atoms with E-state index in [-0.39, 0.29) is 11.2 Å². The molecule has 1 aliphatic heterocycles. The van der Waals surface area contributed by atoms with E-state index in [0.29, 0.717) is 5.82 Å². The van der Waals surface area contributed by atoms with Crippen LogP contribution < -0.4 is 5.32 Å². The standard InChI is InChI=1S/C18H17N5OS/c1-11-6-7-12-10-16(25-15(12)8-11)18(24)19-14-5-3-4-13(9-14)17-20-21-22-23(17)2/h3-9,16H,10H2,1-2H3,(H,19,24)/t16-/m0/s1. The average molecular weight is 351 g/mol. The van der Waals surface area contributed by atoms with Crippen LogP contribution in [0.2, 0.25) is 0 Å². The van der Waals surface area contributed by atoms with Gasteiger partial charge in [-0.25, -0.2) is 4.68 Å². The number of nitrogens with zero attached hydrogens (tertiary/aromatic N) is 4. The van der Waals surface area contributed by atoms with E-state index in [1.54, 1.807) is 23.5 Å². The lowest BCUT2D eigenvalue weighted by molar-refractivity contribution is -0.115. The molecule has 2 heterocycles. The second-order valence-electron chi connectivity index (χ2n) is 6.12. The van der Waals surface area contributed by atoms with E-state index in [4.69, 9.17) is 0 Å². The SMILES string of the molecule is Cc1ccc2c(c1)S[C@H](C(=O)Nc1cccc(-c3nnnn3C)c1)C2. The second-order valence-corrected chi connectivity index (χ2v) is 7.36. The minimum atomic E-state index is -0.100. The molecule has 0 aliphatic carbocycles. The summed E-state index contributed by atoms with van der Waals surface area (Å²) >= 11 is 1.63. The quantitative estimate of drug-likeness (QED) is 0.785. The zero-order valence-corrected chi connectivity index (χ0v) is 14.7. The Balaban J connectivity index is 1.50. The molecule has 126 valence electrons. The topological polar surface area (TPSA) is 72.7 Å². The number of carbonyl (C=O) groups excluding carboxylic acids is 1. The van der Waals surface area contributed by atoms with Gasteiger partial charge in [0.1, 0.15) is 0 Å². The largest absolute Gasteiger partial charge is 0.325 e. The third-order valence-corrected chi connectivity index (χ3v) is 5.50. The van der Waals surface area contributed by atoms with Crippen molar-refractivity contribution >= 4 is 23.4 Å². The minimum absolute atomic E-state index is 0.0205. The van der Waals surface area contributed by atoms with E-state index in [1.165, 1.54) is 16.0 Å². The Hall–Kier alpha value is -2.67. The number of tetrazole rings is 1. The smallest absolute Gasteiger partial charge is 0.238 e. The van der Waals surface area contributed by atoms with Crippen LogP contribution in [-0.4, -0.2) is 31.4 Å². The van der Waals surface area contributed by atoms with Gasteiger partial charge >= 0.3 is 0 Å². The van der Waals surface area contributed by atoms with Crippen LogP contribution in [0, 0.1) is 6.92 Å².